The van der Waals surface area contributed by atoms with E-state index in [1.54, 1.807) is 32.2 Å². The van der Waals surface area contributed by atoms with E-state index >= 15 is 0 Å². The van der Waals surface area contributed by atoms with E-state index in [0.717, 1.165) is 6.29 Å². The number of aldehydes is 1. The van der Waals surface area contributed by atoms with Crippen LogP contribution in [0.5, 0.6) is 0 Å². The van der Waals surface area contributed by atoms with Crippen LogP contribution in [0.4, 0.5) is 4.39 Å². The molecular formula is C13H12ClFN2O. The third kappa shape index (κ3) is 2.16. The van der Waals surface area contributed by atoms with Gasteiger partial charge in [-0.2, -0.15) is 5.10 Å². The Morgan fingerprint density at radius 1 is 1.39 bits per heavy atom. The molecule has 5 heteroatoms. The molecule has 0 fully saturated rings. The lowest BCUT2D eigenvalue weighted by molar-refractivity contribution is -0.114. The van der Waals surface area contributed by atoms with Gasteiger partial charge in [-0.1, -0.05) is 17.7 Å². The average Bonchev–Trinajstić information content (AvgIpc) is 2.79. The number of rotatable bonds is 3. The van der Waals surface area contributed by atoms with E-state index in [1.165, 1.54) is 16.8 Å². The first-order valence-corrected chi connectivity index (χ1v) is 5.80. The number of carbonyl (C=O) groups excluding carboxylic acids is 1. The van der Waals surface area contributed by atoms with Gasteiger partial charge in [-0.3, -0.25) is 4.68 Å². The molecule has 1 aromatic heterocycles. The second-order valence-corrected chi connectivity index (χ2v) is 4.92. The Hall–Kier alpha value is -1.68. The first-order chi connectivity index (χ1) is 8.45. The average molecular weight is 267 g/mol. The summed E-state index contributed by atoms with van der Waals surface area (Å²) in [6.07, 6.45) is 2.42. The van der Waals surface area contributed by atoms with Crippen molar-refractivity contribution in [3.05, 3.63) is 41.3 Å². The zero-order chi connectivity index (χ0) is 13.3. The smallest absolute Gasteiger partial charge is 0.147 e. The van der Waals surface area contributed by atoms with Gasteiger partial charge < -0.3 is 4.79 Å². The van der Waals surface area contributed by atoms with E-state index in [2.05, 4.69) is 5.10 Å². The van der Waals surface area contributed by atoms with Crippen molar-refractivity contribution in [1.82, 2.24) is 9.78 Å². The Morgan fingerprint density at radius 3 is 2.72 bits per heavy atom. The molecule has 0 saturated carbocycles. The third-order valence-electron chi connectivity index (χ3n) is 2.69. The van der Waals surface area contributed by atoms with Crippen molar-refractivity contribution in [2.75, 3.05) is 0 Å². The Morgan fingerprint density at radius 2 is 2.11 bits per heavy atom. The van der Waals surface area contributed by atoms with Crippen molar-refractivity contribution in [3.8, 4) is 11.3 Å². The molecule has 0 saturated heterocycles. The molecule has 0 aliphatic heterocycles. The molecule has 0 N–H and O–H groups in total. The Kier molecular flexibility index (Phi) is 3.22. The van der Waals surface area contributed by atoms with Crippen LogP contribution in [0.2, 0.25) is 5.02 Å². The third-order valence-corrected chi connectivity index (χ3v) is 3.00. The minimum absolute atomic E-state index is 0.250. The van der Waals surface area contributed by atoms with Gasteiger partial charge in [-0.15, -0.1) is 0 Å². The lowest BCUT2D eigenvalue weighted by atomic mass is 10.1. The molecule has 2 aromatic rings. The predicted octanol–water partition coefficient (Wildman–Crippen LogP) is 3.28. The van der Waals surface area contributed by atoms with Crippen molar-refractivity contribution in [1.29, 1.82) is 0 Å². The van der Waals surface area contributed by atoms with Gasteiger partial charge in [0.15, 0.2) is 0 Å². The van der Waals surface area contributed by atoms with Crippen molar-refractivity contribution in [2.45, 2.75) is 19.4 Å². The standard InChI is InChI=1S/C13H12ClFN2O/c1-13(2,8-18)17-7-6-11(16-17)12-9(14)4-3-5-10(12)15/h3-8H,1-2H3. The summed E-state index contributed by atoms with van der Waals surface area (Å²) in [4.78, 5) is 10.9. The molecule has 0 unspecified atom stereocenters. The van der Waals surface area contributed by atoms with Crippen LogP contribution in [-0.4, -0.2) is 16.1 Å². The summed E-state index contributed by atoms with van der Waals surface area (Å²) in [5.74, 6) is -0.434. The molecule has 0 atom stereocenters. The molecule has 18 heavy (non-hydrogen) atoms. The minimum atomic E-state index is -0.768. The highest BCUT2D eigenvalue weighted by atomic mass is 35.5. The molecule has 0 aliphatic rings. The quantitative estimate of drug-likeness (QED) is 0.799. The minimum Gasteiger partial charge on any atom is -0.301 e. The Labute approximate surface area is 109 Å². The number of nitrogens with zero attached hydrogens (tertiary/aromatic N) is 2. The van der Waals surface area contributed by atoms with Crippen molar-refractivity contribution < 1.29 is 9.18 Å². The van der Waals surface area contributed by atoms with E-state index in [9.17, 15) is 9.18 Å². The SMILES string of the molecule is CC(C)(C=O)n1ccc(-c2c(F)cccc2Cl)n1. The van der Waals surface area contributed by atoms with Crippen LogP contribution in [0.25, 0.3) is 11.3 Å². The summed E-state index contributed by atoms with van der Waals surface area (Å²) >= 11 is 5.96. The largest absolute Gasteiger partial charge is 0.301 e. The summed E-state index contributed by atoms with van der Waals surface area (Å²) < 4.78 is 15.2. The van der Waals surface area contributed by atoms with Gasteiger partial charge in [0.05, 0.1) is 16.3 Å². The van der Waals surface area contributed by atoms with E-state index in [1.807, 2.05) is 0 Å². The molecule has 0 aliphatic carbocycles. The number of hydrogen-bond acceptors (Lipinski definition) is 2. The lowest BCUT2D eigenvalue weighted by Gasteiger charge is -2.17. The summed E-state index contributed by atoms with van der Waals surface area (Å²) in [5, 5.41) is 4.50. The summed E-state index contributed by atoms with van der Waals surface area (Å²) in [7, 11) is 0. The van der Waals surface area contributed by atoms with Crippen LogP contribution in [0.1, 0.15) is 13.8 Å². The molecule has 0 spiro atoms. The first-order valence-electron chi connectivity index (χ1n) is 5.42. The maximum Gasteiger partial charge on any atom is 0.147 e. The highest BCUT2D eigenvalue weighted by Crippen LogP contribution is 2.29. The van der Waals surface area contributed by atoms with Gasteiger partial charge in [0, 0.05) is 6.20 Å². The highest BCUT2D eigenvalue weighted by molar-refractivity contribution is 6.33. The van der Waals surface area contributed by atoms with Crippen LogP contribution >= 0.6 is 11.6 Å². The molecule has 0 bridgehead atoms. The second-order valence-electron chi connectivity index (χ2n) is 4.51. The van der Waals surface area contributed by atoms with Gasteiger partial charge in [0.2, 0.25) is 0 Å². The number of aromatic nitrogens is 2. The number of carbonyl (C=O) groups is 1. The zero-order valence-electron chi connectivity index (χ0n) is 10.0. The highest BCUT2D eigenvalue weighted by Gasteiger charge is 2.21. The maximum atomic E-state index is 13.7. The second kappa shape index (κ2) is 4.53. The van der Waals surface area contributed by atoms with Crippen molar-refractivity contribution >= 4 is 17.9 Å². The van der Waals surface area contributed by atoms with Crippen molar-refractivity contribution in [3.63, 3.8) is 0 Å². The number of hydrogen-bond donors (Lipinski definition) is 0. The first kappa shape index (κ1) is 12.8. The molecule has 94 valence electrons. The molecule has 0 radical (unpaired) electrons. The fourth-order valence-electron chi connectivity index (χ4n) is 1.57. The summed E-state index contributed by atoms with van der Waals surface area (Å²) in [5.41, 5.74) is -0.108. The van der Waals surface area contributed by atoms with E-state index < -0.39 is 11.4 Å². The monoisotopic (exact) mass is 266 g/mol. The zero-order valence-corrected chi connectivity index (χ0v) is 10.8. The molecule has 1 aromatic carbocycles. The molecular weight excluding hydrogens is 255 g/mol. The van der Waals surface area contributed by atoms with E-state index in [4.69, 9.17) is 11.6 Å². The Balaban J connectivity index is 2.51. The maximum absolute atomic E-state index is 13.7. The molecule has 0 amide bonds. The van der Waals surface area contributed by atoms with Crippen LogP contribution in [-0.2, 0) is 10.3 Å². The lowest BCUT2D eigenvalue weighted by Crippen LogP contribution is -2.28. The van der Waals surface area contributed by atoms with Crippen LogP contribution in [0.15, 0.2) is 30.5 Å². The summed E-state index contributed by atoms with van der Waals surface area (Å²) in [6.45, 7) is 3.44. The van der Waals surface area contributed by atoms with Crippen molar-refractivity contribution in [2.24, 2.45) is 0 Å². The predicted molar refractivity (Wildman–Crippen MR) is 68.0 cm³/mol. The van der Waals surface area contributed by atoms with E-state index in [-0.39, 0.29) is 5.56 Å². The number of halogens is 2. The molecule has 1 heterocycles. The van der Waals surface area contributed by atoms with Gasteiger partial charge in [0.25, 0.3) is 0 Å². The normalized spacial score (nSPS) is 11.6. The fourth-order valence-corrected chi connectivity index (χ4v) is 1.83. The topological polar surface area (TPSA) is 34.9 Å². The van der Waals surface area contributed by atoms with Gasteiger partial charge >= 0.3 is 0 Å². The molecule has 3 nitrogen and oxygen atoms in total. The van der Waals surface area contributed by atoms with Crippen LogP contribution < -0.4 is 0 Å². The Bertz CT molecular complexity index is 572. The van der Waals surface area contributed by atoms with E-state index in [0.29, 0.717) is 10.7 Å². The number of benzene rings is 1. The van der Waals surface area contributed by atoms with Crippen LogP contribution in [0, 0.1) is 5.82 Å². The van der Waals surface area contributed by atoms with Gasteiger partial charge in [-0.25, -0.2) is 4.39 Å². The van der Waals surface area contributed by atoms with Gasteiger partial charge in [-0.05, 0) is 32.0 Å². The summed E-state index contributed by atoms with van der Waals surface area (Å²) in [6, 6.07) is 6.10. The van der Waals surface area contributed by atoms with Gasteiger partial charge in [0.1, 0.15) is 17.6 Å². The fraction of sp³-hybridized carbons (Fsp3) is 0.231. The van der Waals surface area contributed by atoms with Crippen LogP contribution in [0.3, 0.4) is 0 Å². The molecule has 2 rings (SSSR count).